The van der Waals surface area contributed by atoms with Gasteiger partial charge in [-0.25, -0.2) is 22.7 Å². The fourth-order valence-electron chi connectivity index (χ4n) is 4.65. The number of nitrogens with zero attached hydrogens (tertiary/aromatic N) is 5. The molecule has 0 unspecified atom stereocenters. The Balaban J connectivity index is 1.36. The van der Waals surface area contributed by atoms with Crippen molar-refractivity contribution in [1.29, 1.82) is 0 Å². The number of aromatic nitrogens is 2. The molecule has 1 atom stereocenters. The van der Waals surface area contributed by atoms with Gasteiger partial charge in [0.25, 0.3) is 15.9 Å². The third kappa shape index (κ3) is 4.41. The molecule has 0 aliphatic carbocycles. The molecule has 182 valence electrons. The fourth-order valence-corrected chi connectivity index (χ4v) is 7.06. The molecular weight excluding hydrogens is 506 g/mol. The number of thiazole rings is 1. The van der Waals surface area contributed by atoms with E-state index in [-0.39, 0.29) is 23.4 Å². The van der Waals surface area contributed by atoms with Crippen molar-refractivity contribution in [1.82, 2.24) is 9.97 Å². The monoisotopic (exact) mass is 529 g/mol. The standard InChI is InChI=1S/C24H24ClN5O3S2/c1-2-11-30(24-26-10-14-34-24)35(32,33)19-6-8-22(27-16-19)29-13-9-21(23(29)31)28-12-3-4-17-15-18(25)5-7-20(17)28/h2,5-8,10,14-16,21H,1,3-4,9,11-13H2/t21-/m0/s1. The molecule has 1 amide bonds. The van der Waals surface area contributed by atoms with Gasteiger partial charge < -0.3 is 4.90 Å². The Morgan fingerprint density at radius 3 is 2.80 bits per heavy atom. The van der Waals surface area contributed by atoms with E-state index in [4.69, 9.17) is 11.6 Å². The Kier molecular flexibility index (Phi) is 6.52. The number of hydrogen-bond acceptors (Lipinski definition) is 7. The Bertz CT molecular complexity index is 1350. The zero-order chi connectivity index (χ0) is 24.6. The molecular formula is C24H24ClN5O3S2. The van der Waals surface area contributed by atoms with Gasteiger partial charge in [0.15, 0.2) is 5.13 Å². The van der Waals surface area contributed by atoms with Gasteiger partial charge in [0, 0.05) is 41.6 Å². The van der Waals surface area contributed by atoms with Gasteiger partial charge in [0.1, 0.15) is 16.8 Å². The van der Waals surface area contributed by atoms with E-state index in [0.29, 0.717) is 28.9 Å². The summed E-state index contributed by atoms with van der Waals surface area (Å²) in [4.78, 5) is 25.7. The smallest absolute Gasteiger partial charge is 0.267 e. The van der Waals surface area contributed by atoms with E-state index in [9.17, 15) is 13.2 Å². The van der Waals surface area contributed by atoms with Crippen LogP contribution >= 0.6 is 22.9 Å². The molecule has 0 bridgehead atoms. The second kappa shape index (κ2) is 9.60. The molecule has 0 N–H and O–H groups in total. The Morgan fingerprint density at radius 2 is 2.09 bits per heavy atom. The predicted molar refractivity (Wildman–Crippen MR) is 139 cm³/mol. The van der Waals surface area contributed by atoms with Crippen LogP contribution in [0.1, 0.15) is 18.4 Å². The molecule has 1 saturated heterocycles. The number of aryl methyl sites for hydroxylation is 1. The highest BCUT2D eigenvalue weighted by Gasteiger charge is 2.39. The van der Waals surface area contributed by atoms with Crippen molar-refractivity contribution in [3.8, 4) is 0 Å². The van der Waals surface area contributed by atoms with Crippen molar-refractivity contribution < 1.29 is 13.2 Å². The van der Waals surface area contributed by atoms with Crippen LogP contribution < -0.4 is 14.1 Å². The summed E-state index contributed by atoms with van der Waals surface area (Å²) in [5.74, 6) is 0.404. The number of hydrogen-bond donors (Lipinski definition) is 0. The largest absolute Gasteiger partial charge is 0.359 e. The molecule has 8 nitrogen and oxygen atoms in total. The van der Waals surface area contributed by atoms with E-state index in [1.807, 2.05) is 18.2 Å². The number of pyridine rings is 1. The van der Waals surface area contributed by atoms with Crippen LogP contribution in [0.15, 0.2) is 65.7 Å². The lowest BCUT2D eigenvalue weighted by atomic mass is 9.99. The third-order valence-electron chi connectivity index (χ3n) is 6.26. The van der Waals surface area contributed by atoms with E-state index in [1.54, 1.807) is 22.5 Å². The van der Waals surface area contributed by atoms with Crippen LogP contribution in [0.2, 0.25) is 5.02 Å². The van der Waals surface area contributed by atoms with Crippen molar-refractivity contribution in [3.63, 3.8) is 0 Å². The Hall–Kier alpha value is -2.95. The number of benzene rings is 1. The van der Waals surface area contributed by atoms with Crippen LogP contribution in [0.5, 0.6) is 0 Å². The predicted octanol–water partition coefficient (Wildman–Crippen LogP) is 4.13. The van der Waals surface area contributed by atoms with Crippen molar-refractivity contribution in [2.75, 3.05) is 33.7 Å². The van der Waals surface area contributed by atoms with Gasteiger partial charge in [-0.1, -0.05) is 17.7 Å². The summed E-state index contributed by atoms with van der Waals surface area (Å²) in [7, 11) is -3.88. The lowest BCUT2D eigenvalue weighted by Gasteiger charge is -2.35. The first-order valence-electron chi connectivity index (χ1n) is 11.3. The average molecular weight is 530 g/mol. The summed E-state index contributed by atoms with van der Waals surface area (Å²) < 4.78 is 27.6. The van der Waals surface area contributed by atoms with Gasteiger partial charge in [-0.15, -0.1) is 17.9 Å². The third-order valence-corrected chi connectivity index (χ3v) is 9.15. The molecule has 2 aliphatic rings. The maximum atomic E-state index is 13.4. The number of halogens is 1. The van der Waals surface area contributed by atoms with Crippen LogP contribution in [0.25, 0.3) is 0 Å². The van der Waals surface area contributed by atoms with Crippen molar-refractivity contribution in [2.45, 2.75) is 30.2 Å². The highest BCUT2D eigenvalue weighted by atomic mass is 35.5. The number of carbonyl (C=O) groups excluding carboxylic acids is 1. The average Bonchev–Trinajstić information content (AvgIpc) is 3.52. The first-order chi connectivity index (χ1) is 16.9. The molecule has 11 heteroatoms. The van der Waals surface area contributed by atoms with E-state index in [2.05, 4.69) is 21.4 Å². The van der Waals surface area contributed by atoms with Crippen LogP contribution in [-0.4, -0.2) is 50.0 Å². The SMILES string of the molecule is C=CCN(c1nccs1)S(=O)(=O)c1ccc(N2CC[C@H](N3CCCc4cc(Cl)ccc43)C2=O)nc1. The number of anilines is 3. The van der Waals surface area contributed by atoms with Crippen molar-refractivity contribution >= 4 is 55.5 Å². The maximum Gasteiger partial charge on any atom is 0.267 e. The molecule has 2 aliphatic heterocycles. The molecule has 35 heavy (non-hydrogen) atoms. The van der Waals surface area contributed by atoms with Gasteiger partial charge in [0.05, 0.1) is 6.54 Å². The Morgan fingerprint density at radius 1 is 1.23 bits per heavy atom. The normalized spacial score (nSPS) is 18.0. The van der Waals surface area contributed by atoms with E-state index < -0.39 is 10.0 Å². The quantitative estimate of drug-likeness (QED) is 0.428. The lowest BCUT2D eigenvalue weighted by molar-refractivity contribution is -0.118. The second-order valence-electron chi connectivity index (χ2n) is 8.36. The van der Waals surface area contributed by atoms with Crippen LogP contribution in [0.3, 0.4) is 0 Å². The minimum absolute atomic E-state index is 0.0309. The van der Waals surface area contributed by atoms with Crippen LogP contribution in [-0.2, 0) is 21.2 Å². The molecule has 1 fully saturated rings. The zero-order valence-electron chi connectivity index (χ0n) is 18.9. The summed E-state index contributed by atoms with van der Waals surface area (Å²) in [5, 5.41) is 2.77. The minimum Gasteiger partial charge on any atom is -0.359 e. The van der Waals surface area contributed by atoms with E-state index >= 15 is 0 Å². The molecule has 4 heterocycles. The molecule has 1 aromatic carbocycles. The molecule has 0 saturated carbocycles. The highest BCUT2D eigenvalue weighted by Crippen LogP contribution is 2.34. The number of carbonyl (C=O) groups is 1. The summed E-state index contributed by atoms with van der Waals surface area (Å²) in [6.45, 7) is 5.07. The topological polar surface area (TPSA) is 86.7 Å². The molecule has 0 spiro atoms. The van der Waals surface area contributed by atoms with Crippen LogP contribution in [0.4, 0.5) is 16.6 Å². The lowest BCUT2D eigenvalue weighted by Crippen LogP contribution is -2.44. The summed E-state index contributed by atoms with van der Waals surface area (Å²) >= 11 is 7.40. The molecule has 5 rings (SSSR count). The molecule has 3 aromatic rings. The number of sulfonamides is 1. The molecule has 0 radical (unpaired) electrons. The molecule has 2 aromatic heterocycles. The van der Waals surface area contributed by atoms with Crippen LogP contribution in [0, 0.1) is 0 Å². The fraction of sp³-hybridized carbons (Fsp3) is 0.292. The van der Waals surface area contributed by atoms with Crippen molar-refractivity contribution in [2.24, 2.45) is 0 Å². The van der Waals surface area contributed by atoms with E-state index in [0.717, 1.165) is 30.6 Å². The Labute approximate surface area is 213 Å². The van der Waals surface area contributed by atoms with Gasteiger partial charge in [-0.3, -0.25) is 9.69 Å². The number of rotatable bonds is 7. The highest BCUT2D eigenvalue weighted by molar-refractivity contribution is 7.93. The summed E-state index contributed by atoms with van der Waals surface area (Å²) in [6, 6.07) is 8.61. The number of amides is 1. The number of fused-ring (bicyclic) bond motifs is 1. The van der Waals surface area contributed by atoms with Gasteiger partial charge in [-0.2, -0.15) is 0 Å². The summed E-state index contributed by atoms with van der Waals surface area (Å²) in [5.41, 5.74) is 2.21. The van der Waals surface area contributed by atoms with Crippen molar-refractivity contribution in [3.05, 3.63) is 71.3 Å². The van der Waals surface area contributed by atoms with Gasteiger partial charge in [0.2, 0.25) is 0 Å². The first-order valence-corrected chi connectivity index (χ1v) is 14.0. The minimum atomic E-state index is -3.88. The maximum absolute atomic E-state index is 13.4. The van der Waals surface area contributed by atoms with E-state index in [1.165, 1.54) is 34.0 Å². The zero-order valence-corrected chi connectivity index (χ0v) is 21.3. The summed E-state index contributed by atoms with van der Waals surface area (Å²) in [6.07, 6.45) is 6.93. The first kappa shape index (κ1) is 23.8. The van der Waals surface area contributed by atoms with Gasteiger partial charge in [-0.05, 0) is 55.2 Å². The van der Waals surface area contributed by atoms with Gasteiger partial charge >= 0.3 is 0 Å². The second-order valence-corrected chi connectivity index (χ2v) is 11.5.